The zero-order chi connectivity index (χ0) is 21.1. The molecule has 1 atom stereocenters. The summed E-state index contributed by atoms with van der Waals surface area (Å²) in [5, 5.41) is 10.5. The first kappa shape index (κ1) is 20.0. The van der Waals surface area contributed by atoms with Crippen molar-refractivity contribution < 1.29 is 9.69 Å². The molecule has 0 unspecified atom stereocenters. The van der Waals surface area contributed by atoms with Gasteiger partial charge in [0.25, 0.3) is 11.5 Å². The van der Waals surface area contributed by atoms with Gasteiger partial charge in [-0.2, -0.15) is 9.78 Å². The number of hydrogen-bond donors (Lipinski definition) is 2. The van der Waals surface area contributed by atoms with Gasteiger partial charge in [-0.05, 0) is 29.6 Å². The van der Waals surface area contributed by atoms with Crippen LogP contribution in [0.25, 0.3) is 16.5 Å². The Kier molecular flexibility index (Phi) is 5.74. The molecule has 6 nitrogen and oxygen atoms in total. The third kappa shape index (κ3) is 3.90. The monoisotopic (exact) mass is 419 g/mol. The lowest BCUT2D eigenvalue weighted by atomic mass is 10.1. The second-order valence-electron chi connectivity index (χ2n) is 7.30. The first-order valence-corrected chi connectivity index (χ1v) is 10.6. The van der Waals surface area contributed by atoms with E-state index < -0.39 is 0 Å². The molecule has 7 heteroatoms. The molecule has 0 spiro atoms. The zero-order valence-corrected chi connectivity index (χ0v) is 17.6. The minimum Gasteiger partial charge on any atom is -0.344 e. The summed E-state index contributed by atoms with van der Waals surface area (Å²) >= 11 is 1.68. The quantitative estimate of drug-likeness (QED) is 0.503. The van der Waals surface area contributed by atoms with Crippen LogP contribution in [0.15, 0.2) is 76.9 Å². The Labute approximate surface area is 178 Å². The van der Waals surface area contributed by atoms with E-state index >= 15 is 0 Å². The molecule has 30 heavy (non-hydrogen) atoms. The minimum absolute atomic E-state index is 0.139. The van der Waals surface area contributed by atoms with E-state index in [4.69, 9.17) is 0 Å². The van der Waals surface area contributed by atoms with Crippen molar-refractivity contribution in [1.29, 1.82) is 0 Å². The molecule has 0 bridgehead atoms. The van der Waals surface area contributed by atoms with E-state index in [-0.39, 0.29) is 23.2 Å². The topological polar surface area (TPSA) is 68.4 Å². The van der Waals surface area contributed by atoms with Gasteiger partial charge in [0.1, 0.15) is 6.04 Å². The lowest BCUT2D eigenvalue weighted by Gasteiger charge is -2.20. The van der Waals surface area contributed by atoms with Crippen LogP contribution in [0, 0.1) is 0 Å². The van der Waals surface area contributed by atoms with Crippen LogP contribution in [0.4, 0.5) is 0 Å². The number of rotatable bonds is 6. The van der Waals surface area contributed by atoms with Gasteiger partial charge in [0.05, 0.1) is 36.6 Å². The summed E-state index contributed by atoms with van der Waals surface area (Å²) in [4.78, 5) is 28.6. The van der Waals surface area contributed by atoms with Gasteiger partial charge in [-0.1, -0.05) is 42.5 Å². The van der Waals surface area contributed by atoms with Crippen LogP contribution in [0.3, 0.4) is 0 Å². The maximum atomic E-state index is 13.2. The first-order chi connectivity index (χ1) is 14.6. The van der Waals surface area contributed by atoms with Crippen molar-refractivity contribution in [2.24, 2.45) is 0 Å². The van der Waals surface area contributed by atoms with Gasteiger partial charge in [0.15, 0.2) is 5.69 Å². The van der Waals surface area contributed by atoms with Gasteiger partial charge in [0.2, 0.25) is 0 Å². The van der Waals surface area contributed by atoms with Gasteiger partial charge < -0.3 is 10.2 Å². The minimum atomic E-state index is -0.293. The Hall–Kier alpha value is -3.29. The molecule has 0 aliphatic rings. The zero-order valence-electron chi connectivity index (χ0n) is 16.8. The average molecular weight is 420 g/mol. The molecule has 1 amide bonds. The molecular formula is C23H23N4O2S+. The van der Waals surface area contributed by atoms with Crippen LogP contribution in [0.5, 0.6) is 0 Å². The molecule has 2 heterocycles. The van der Waals surface area contributed by atoms with Crippen LogP contribution in [-0.4, -0.2) is 36.3 Å². The Morgan fingerprint density at radius 2 is 1.73 bits per heavy atom. The fourth-order valence-corrected chi connectivity index (χ4v) is 4.41. The van der Waals surface area contributed by atoms with Gasteiger partial charge in [-0.25, -0.2) is 0 Å². The van der Waals surface area contributed by atoms with Gasteiger partial charge in [0, 0.05) is 5.39 Å². The van der Waals surface area contributed by atoms with Crippen molar-refractivity contribution in [3.8, 4) is 5.69 Å². The van der Waals surface area contributed by atoms with Gasteiger partial charge in [-0.15, -0.1) is 11.3 Å². The normalized spacial score (nSPS) is 12.2. The van der Waals surface area contributed by atoms with Crippen LogP contribution in [-0.2, 0) is 0 Å². The second kappa shape index (κ2) is 8.61. The number of amides is 1. The number of thiophene rings is 1. The summed E-state index contributed by atoms with van der Waals surface area (Å²) in [5.74, 6) is -0.293. The van der Waals surface area contributed by atoms with Crippen LogP contribution in [0.2, 0.25) is 0 Å². The van der Waals surface area contributed by atoms with Crippen molar-refractivity contribution in [3.63, 3.8) is 0 Å². The summed E-state index contributed by atoms with van der Waals surface area (Å²) in [6.45, 7) is 0.474. The molecule has 2 N–H and O–H groups in total. The molecule has 0 aliphatic heterocycles. The number of carbonyl (C=O) groups is 1. The summed E-state index contributed by atoms with van der Waals surface area (Å²) in [6.07, 6.45) is 0. The number of hydrogen-bond acceptors (Lipinski definition) is 4. The number of fused-ring (bicyclic) bond motifs is 1. The van der Waals surface area contributed by atoms with E-state index in [1.165, 1.54) is 14.5 Å². The Balaban J connectivity index is 1.72. The molecule has 4 aromatic rings. The SMILES string of the molecule is C[NH+](C)[C@H](CNC(=O)c1nn(-c2ccccc2)c(=O)c2ccccc12)c1cccs1. The van der Waals surface area contributed by atoms with Gasteiger partial charge in [-0.3, -0.25) is 9.59 Å². The van der Waals surface area contributed by atoms with Crippen LogP contribution >= 0.6 is 11.3 Å². The van der Waals surface area contributed by atoms with Gasteiger partial charge >= 0.3 is 0 Å². The summed E-state index contributed by atoms with van der Waals surface area (Å²) in [5.41, 5.74) is 0.617. The van der Waals surface area contributed by atoms with E-state index in [0.717, 1.165) is 0 Å². The predicted octanol–water partition coefficient (Wildman–Crippen LogP) is 2.06. The van der Waals surface area contributed by atoms with E-state index in [1.54, 1.807) is 41.7 Å². The maximum absolute atomic E-state index is 13.2. The van der Waals surface area contributed by atoms with Crippen molar-refractivity contribution >= 4 is 28.0 Å². The highest BCUT2D eigenvalue weighted by Crippen LogP contribution is 2.17. The smallest absolute Gasteiger partial charge is 0.279 e. The Morgan fingerprint density at radius 1 is 1.03 bits per heavy atom. The van der Waals surface area contributed by atoms with E-state index in [1.807, 2.05) is 35.7 Å². The molecule has 0 saturated carbocycles. The largest absolute Gasteiger partial charge is 0.344 e. The first-order valence-electron chi connectivity index (χ1n) is 9.75. The number of nitrogens with one attached hydrogen (secondary N) is 2. The molecule has 152 valence electrons. The highest BCUT2D eigenvalue weighted by Gasteiger charge is 2.22. The highest BCUT2D eigenvalue weighted by atomic mass is 32.1. The fraction of sp³-hybridized carbons (Fsp3) is 0.174. The molecule has 0 saturated heterocycles. The Bertz CT molecular complexity index is 1220. The molecular weight excluding hydrogens is 396 g/mol. The Morgan fingerprint density at radius 3 is 2.40 bits per heavy atom. The van der Waals surface area contributed by atoms with Crippen LogP contribution in [0.1, 0.15) is 21.4 Å². The standard InChI is InChI=1S/C23H22N4O2S/c1-26(2)19(20-13-8-14-30-20)15-24-22(28)21-17-11-6-7-12-18(17)23(29)27(25-21)16-9-4-3-5-10-16/h3-14,19H,15H2,1-2H3,(H,24,28)/p+1/t19-/m1/s1. The predicted molar refractivity (Wildman–Crippen MR) is 120 cm³/mol. The highest BCUT2D eigenvalue weighted by molar-refractivity contribution is 7.10. The number of likely N-dealkylation sites (N-methyl/N-ethyl adjacent to an activating group) is 1. The molecule has 0 radical (unpaired) electrons. The molecule has 0 fully saturated rings. The lowest BCUT2D eigenvalue weighted by Crippen LogP contribution is -3.06. The maximum Gasteiger partial charge on any atom is 0.279 e. The second-order valence-corrected chi connectivity index (χ2v) is 8.28. The third-order valence-corrected chi connectivity index (χ3v) is 6.06. The van der Waals surface area contributed by atoms with Crippen molar-refractivity contribution in [2.45, 2.75) is 6.04 Å². The van der Waals surface area contributed by atoms with Crippen molar-refractivity contribution in [1.82, 2.24) is 15.1 Å². The molecule has 0 aliphatic carbocycles. The van der Waals surface area contributed by atoms with Crippen molar-refractivity contribution in [2.75, 3.05) is 20.6 Å². The lowest BCUT2D eigenvalue weighted by molar-refractivity contribution is -0.890. The number of aromatic nitrogens is 2. The third-order valence-electron chi connectivity index (χ3n) is 5.07. The number of carbonyl (C=O) groups excluding carboxylic acids is 1. The summed E-state index contributed by atoms with van der Waals surface area (Å²) in [6, 6.07) is 20.5. The van der Waals surface area contributed by atoms with E-state index in [2.05, 4.69) is 30.6 Å². The van der Waals surface area contributed by atoms with E-state index in [0.29, 0.717) is 23.0 Å². The number of nitrogens with zero attached hydrogens (tertiary/aromatic N) is 2. The number of benzene rings is 2. The average Bonchev–Trinajstić information content (AvgIpc) is 3.29. The molecule has 2 aromatic carbocycles. The summed E-state index contributed by atoms with van der Waals surface area (Å²) in [7, 11) is 4.14. The van der Waals surface area contributed by atoms with Crippen molar-refractivity contribution in [3.05, 3.63) is 93.0 Å². The molecule has 4 rings (SSSR count). The molecule has 2 aromatic heterocycles. The van der Waals surface area contributed by atoms with E-state index in [9.17, 15) is 9.59 Å². The number of para-hydroxylation sites is 1. The number of quaternary nitrogens is 1. The fourth-order valence-electron chi connectivity index (χ4n) is 3.46. The summed E-state index contributed by atoms with van der Waals surface area (Å²) < 4.78 is 1.30. The van der Waals surface area contributed by atoms with Crippen LogP contribution < -0.4 is 15.8 Å².